The Kier molecular flexibility index (Phi) is 6.34. The van der Waals surface area contributed by atoms with Gasteiger partial charge in [-0.25, -0.2) is 4.98 Å². The van der Waals surface area contributed by atoms with Crippen molar-refractivity contribution < 1.29 is 14.3 Å². The zero-order valence-electron chi connectivity index (χ0n) is 16.7. The van der Waals surface area contributed by atoms with E-state index in [2.05, 4.69) is 15.6 Å². The first-order valence-corrected chi connectivity index (χ1v) is 11.0. The maximum Gasteiger partial charge on any atom is 0.250 e. The average Bonchev–Trinajstić information content (AvgIpc) is 3.21. The number of nitrogens with zero attached hydrogens (tertiary/aromatic N) is 1. The first-order valence-electron chi connectivity index (χ1n) is 9.73. The van der Waals surface area contributed by atoms with Crippen molar-refractivity contribution in [3.8, 4) is 17.0 Å². The van der Waals surface area contributed by atoms with Crippen LogP contribution in [0.2, 0.25) is 5.02 Å². The third-order valence-electron chi connectivity index (χ3n) is 4.78. The summed E-state index contributed by atoms with van der Waals surface area (Å²) in [7, 11) is 0. The van der Waals surface area contributed by atoms with Crippen molar-refractivity contribution in [1.82, 2.24) is 10.3 Å². The van der Waals surface area contributed by atoms with Crippen molar-refractivity contribution in [2.24, 2.45) is 0 Å². The number of thiazole rings is 1. The molecule has 158 valence electrons. The summed E-state index contributed by atoms with van der Waals surface area (Å²) in [6.45, 7) is 2.07. The van der Waals surface area contributed by atoms with E-state index in [0.717, 1.165) is 28.1 Å². The van der Waals surface area contributed by atoms with Gasteiger partial charge in [0.05, 0.1) is 18.3 Å². The van der Waals surface area contributed by atoms with E-state index in [-0.39, 0.29) is 17.9 Å². The molecule has 1 atom stereocenters. The first kappa shape index (κ1) is 21.1. The van der Waals surface area contributed by atoms with Gasteiger partial charge in [-0.15, -0.1) is 11.3 Å². The van der Waals surface area contributed by atoms with Crippen molar-refractivity contribution in [1.29, 1.82) is 0 Å². The number of carbonyl (C=O) groups is 2. The Morgan fingerprint density at radius 2 is 2.10 bits per heavy atom. The second kappa shape index (κ2) is 9.32. The standard InChI is InChI=1S/C23H20ClN3O3S/c1-14(28)25-19-10-11-30-21-8-6-16(12-17(19)21)20-13-31-23(26-20)27-22(29)9-7-15-4-2-3-5-18(15)24/h2-9,12-13,19H,10-11H2,1H3,(H,25,28)(H,26,27,29)/b9-7+. The van der Waals surface area contributed by atoms with Crippen LogP contribution in [0.4, 0.5) is 5.13 Å². The first-order chi connectivity index (χ1) is 15.0. The van der Waals surface area contributed by atoms with Gasteiger partial charge in [-0.2, -0.15) is 0 Å². The Hall–Kier alpha value is -3.16. The number of benzene rings is 2. The van der Waals surface area contributed by atoms with Gasteiger partial charge in [0.1, 0.15) is 5.75 Å². The second-order valence-electron chi connectivity index (χ2n) is 7.02. The highest BCUT2D eigenvalue weighted by atomic mass is 35.5. The quantitative estimate of drug-likeness (QED) is 0.528. The molecule has 6 nitrogen and oxygen atoms in total. The minimum absolute atomic E-state index is 0.0771. The third kappa shape index (κ3) is 5.13. The van der Waals surface area contributed by atoms with Crippen molar-refractivity contribution in [2.75, 3.05) is 11.9 Å². The summed E-state index contributed by atoms with van der Waals surface area (Å²) < 4.78 is 5.71. The number of nitrogens with one attached hydrogen (secondary N) is 2. The molecule has 0 bridgehead atoms. The summed E-state index contributed by atoms with van der Waals surface area (Å²) in [5.74, 6) is 0.402. The molecule has 0 saturated heterocycles. The molecule has 3 aromatic rings. The van der Waals surface area contributed by atoms with Gasteiger partial charge in [0.15, 0.2) is 5.13 Å². The molecule has 1 unspecified atom stereocenters. The minimum Gasteiger partial charge on any atom is -0.493 e. The molecule has 0 spiro atoms. The number of ether oxygens (including phenoxy) is 1. The summed E-state index contributed by atoms with van der Waals surface area (Å²) >= 11 is 7.44. The molecule has 2 aromatic carbocycles. The van der Waals surface area contributed by atoms with Gasteiger partial charge in [-0.1, -0.05) is 29.8 Å². The largest absolute Gasteiger partial charge is 0.493 e. The molecule has 1 aromatic heterocycles. The van der Waals surface area contributed by atoms with Crippen LogP contribution in [0.5, 0.6) is 5.75 Å². The van der Waals surface area contributed by atoms with Crippen molar-refractivity contribution in [3.63, 3.8) is 0 Å². The van der Waals surface area contributed by atoms with E-state index in [1.807, 2.05) is 41.8 Å². The van der Waals surface area contributed by atoms with Crippen LogP contribution in [0, 0.1) is 0 Å². The molecule has 0 saturated carbocycles. The molecule has 0 radical (unpaired) electrons. The highest BCUT2D eigenvalue weighted by Gasteiger charge is 2.23. The molecule has 1 aliphatic heterocycles. The SMILES string of the molecule is CC(=O)NC1CCOc2ccc(-c3csc(NC(=O)/C=C/c4ccccc4Cl)n3)cc21. The molecule has 2 heterocycles. The van der Waals surface area contributed by atoms with Crippen molar-refractivity contribution >= 4 is 46.0 Å². The van der Waals surface area contributed by atoms with Crippen LogP contribution < -0.4 is 15.4 Å². The second-order valence-corrected chi connectivity index (χ2v) is 8.29. The molecule has 2 N–H and O–H groups in total. The monoisotopic (exact) mass is 453 g/mol. The number of halogens is 1. The summed E-state index contributed by atoms with van der Waals surface area (Å²) in [5, 5.41) is 8.70. The Morgan fingerprint density at radius 1 is 1.26 bits per heavy atom. The van der Waals surface area contributed by atoms with E-state index in [4.69, 9.17) is 16.3 Å². The van der Waals surface area contributed by atoms with E-state index in [9.17, 15) is 9.59 Å². The molecule has 1 aliphatic rings. The van der Waals surface area contributed by atoms with E-state index >= 15 is 0 Å². The summed E-state index contributed by atoms with van der Waals surface area (Å²) in [6.07, 6.45) is 3.81. The van der Waals surface area contributed by atoms with Crippen LogP contribution in [0.1, 0.15) is 30.5 Å². The topological polar surface area (TPSA) is 80.3 Å². The normalized spacial score (nSPS) is 15.2. The van der Waals surface area contributed by atoms with Gasteiger partial charge in [-0.3, -0.25) is 14.9 Å². The number of amides is 2. The van der Waals surface area contributed by atoms with Gasteiger partial charge in [0, 0.05) is 41.0 Å². The van der Waals surface area contributed by atoms with Gasteiger partial charge >= 0.3 is 0 Å². The van der Waals surface area contributed by atoms with Crippen molar-refractivity contribution in [2.45, 2.75) is 19.4 Å². The van der Waals surface area contributed by atoms with Crippen LogP contribution >= 0.6 is 22.9 Å². The Labute approximate surface area is 188 Å². The number of hydrogen-bond acceptors (Lipinski definition) is 5. The fraction of sp³-hybridized carbons (Fsp3) is 0.174. The van der Waals surface area contributed by atoms with E-state index in [0.29, 0.717) is 23.2 Å². The number of aromatic nitrogens is 1. The van der Waals surface area contributed by atoms with Crippen LogP contribution in [0.15, 0.2) is 53.9 Å². The number of fused-ring (bicyclic) bond motifs is 1. The van der Waals surface area contributed by atoms with Gasteiger partial charge in [-0.05, 0) is 35.9 Å². The lowest BCUT2D eigenvalue weighted by Gasteiger charge is -2.26. The predicted octanol–water partition coefficient (Wildman–Crippen LogP) is 5.08. The van der Waals surface area contributed by atoms with Crippen LogP contribution in [-0.4, -0.2) is 23.4 Å². The van der Waals surface area contributed by atoms with Gasteiger partial charge in [0.25, 0.3) is 0 Å². The predicted molar refractivity (Wildman–Crippen MR) is 123 cm³/mol. The molecule has 8 heteroatoms. The summed E-state index contributed by atoms with van der Waals surface area (Å²) in [5.41, 5.74) is 3.33. The minimum atomic E-state index is -0.287. The van der Waals surface area contributed by atoms with E-state index in [1.54, 1.807) is 12.1 Å². The maximum atomic E-state index is 12.2. The lowest BCUT2D eigenvalue weighted by Crippen LogP contribution is -2.30. The highest BCUT2D eigenvalue weighted by Crippen LogP contribution is 2.36. The molecule has 31 heavy (non-hydrogen) atoms. The Balaban J connectivity index is 1.48. The van der Waals surface area contributed by atoms with Gasteiger partial charge in [0.2, 0.25) is 11.8 Å². The number of hydrogen-bond donors (Lipinski definition) is 2. The fourth-order valence-corrected chi connectivity index (χ4v) is 4.26. The number of anilines is 1. The van der Waals surface area contributed by atoms with Crippen LogP contribution in [-0.2, 0) is 9.59 Å². The van der Waals surface area contributed by atoms with E-state index in [1.165, 1.54) is 24.3 Å². The number of rotatable bonds is 5. The van der Waals surface area contributed by atoms with E-state index < -0.39 is 0 Å². The van der Waals surface area contributed by atoms with Gasteiger partial charge < -0.3 is 10.1 Å². The smallest absolute Gasteiger partial charge is 0.250 e. The molecule has 2 amide bonds. The highest BCUT2D eigenvalue weighted by molar-refractivity contribution is 7.14. The summed E-state index contributed by atoms with van der Waals surface area (Å²) in [4.78, 5) is 28.3. The van der Waals surface area contributed by atoms with Crippen LogP contribution in [0.25, 0.3) is 17.3 Å². The lowest BCUT2D eigenvalue weighted by molar-refractivity contribution is -0.119. The molecular formula is C23H20ClN3O3S. The molecule has 0 aliphatic carbocycles. The fourth-order valence-electron chi connectivity index (χ4n) is 3.34. The zero-order valence-corrected chi connectivity index (χ0v) is 18.3. The lowest BCUT2D eigenvalue weighted by atomic mass is 9.97. The number of carbonyl (C=O) groups excluding carboxylic acids is 2. The Bertz CT molecular complexity index is 1160. The molecule has 4 rings (SSSR count). The Morgan fingerprint density at radius 3 is 2.90 bits per heavy atom. The zero-order chi connectivity index (χ0) is 21.8. The van der Waals surface area contributed by atoms with Crippen LogP contribution in [0.3, 0.4) is 0 Å². The average molecular weight is 454 g/mol. The van der Waals surface area contributed by atoms with Crippen molar-refractivity contribution in [3.05, 3.63) is 70.1 Å². The molecule has 0 fully saturated rings. The molecular weight excluding hydrogens is 434 g/mol. The maximum absolute atomic E-state index is 12.2. The summed E-state index contributed by atoms with van der Waals surface area (Å²) in [6, 6.07) is 13.0. The third-order valence-corrected chi connectivity index (χ3v) is 5.88.